The standard InChI is InChI=1S/C12H20.C2H2/c1-4-11-7-5-6-8-12(11)9-10(2)3;1-2/h4,9-10H,5-8H2,1-3H3;1-2H/b11-4-,12-9-;. The monoisotopic (exact) mass is 190 g/mol. The zero-order valence-electron chi connectivity index (χ0n) is 9.72. The van der Waals surface area contributed by atoms with Gasteiger partial charge in [-0.25, -0.2) is 0 Å². The van der Waals surface area contributed by atoms with Gasteiger partial charge in [-0.15, -0.1) is 12.8 Å². The number of hydrogen-bond acceptors (Lipinski definition) is 0. The highest BCUT2D eigenvalue weighted by molar-refractivity contribution is 5.32. The van der Waals surface area contributed by atoms with Gasteiger partial charge in [-0.05, 0) is 49.7 Å². The third-order valence-corrected chi connectivity index (χ3v) is 2.44. The normalized spacial score (nSPS) is 22.1. The highest BCUT2D eigenvalue weighted by Gasteiger charge is 2.10. The lowest BCUT2D eigenvalue weighted by Crippen LogP contribution is -1.99. The van der Waals surface area contributed by atoms with Crippen molar-refractivity contribution in [1.29, 1.82) is 0 Å². The van der Waals surface area contributed by atoms with Crippen LogP contribution in [-0.2, 0) is 0 Å². The summed E-state index contributed by atoms with van der Waals surface area (Å²) in [6, 6.07) is 0. The molecule has 0 radical (unpaired) electrons. The maximum absolute atomic E-state index is 4.00. The highest BCUT2D eigenvalue weighted by Crippen LogP contribution is 2.29. The number of hydrogen-bond donors (Lipinski definition) is 0. The van der Waals surface area contributed by atoms with Gasteiger partial charge in [0, 0.05) is 0 Å². The van der Waals surface area contributed by atoms with Gasteiger partial charge in [0.2, 0.25) is 0 Å². The van der Waals surface area contributed by atoms with Gasteiger partial charge in [0.25, 0.3) is 0 Å². The van der Waals surface area contributed by atoms with E-state index in [0.29, 0.717) is 5.92 Å². The fourth-order valence-electron chi connectivity index (χ4n) is 1.87. The molecule has 0 aromatic rings. The summed E-state index contributed by atoms with van der Waals surface area (Å²) in [7, 11) is 0. The molecule has 1 aliphatic carbocycles. The van der Waals surface area contributed by atoms with Crippen molar-refractivity contribution in [2.75, 3.05) is 0 Å². The molecule has 0 unspecified atom stereocenters. The number of rotatable bonds is 1. The van der Waals surface area contributed by atoms with E-state index in [0.717, 1.165) is 0 Å². The Labute approximate surface area is 89.1 Å². The van der Waals surface area contributed by atoms with Crippen molar-refractivity contribution in [3.8, 4) is 12.8 Å². The van der Waals surface area contributed by atoms with Crippen molar-refractivity contribution >= 4 is 0 Å². The van der Waals surface area contributed by atoms with Crippen LogP contribution in [0, 0.1) is 18.8 Å². The molecule has 1 fully saturated rings. The number of terminal acetylenes is 1. The van der Waals surface area contributed by atoms with Gasteiger partial charge in [0.1, 0.15) is 0 Å². The summed E-state index contributed by atoms with van der Waals surface area (Å²) in [4.78, 5) is 0. The first-order valence-electron chi connectivity index (χ1n) is 5.43. The molecular formula is C14H22. The van der Waals surface area contributed by atoms with Crippen LogP contribution in [0.15, 0.2) is 23.3 Å². The first kappa shape index (κ1) is 13.0. The van der Waals surface area contributed by atoms with E-state index >= 15 is 0 Å². The van der Waals surface area contributed by atoms with Gasteiger partial charge >= 0.3 is 0 Å². The Morgan fingerprint density at radius 1 is 1.07 bits per heavy atom. The molecule has 0 aromatic heterocycles. The minimum absolute atomic E-state index is 0.702. The number of allylic oxidation sites excluding steroid dienone is 4. The van der Waals surface area contributed by atoms with Gasteiger partial charge in [-0.3, -0.25) is 0 Å². The topological polar surface area (TPSA) is 0 Å². The van der Waals surface area contributed by atoms with Crippen molar-refractivity contribution in [2.45, 2.75) is 46.5 Å². The van der Waals surface area contributed by atoms with E-state index in [9.17, 15) is 0 Å². The Morgan fingerprint density at radius 2 is 1.57 bits per heavy atom. The second-order valence-electron chi connectivity index (χ2n) is 3.96. The summed E-state index contributed by atoms with van der Waals surface area (Å²) >= 11 is 0. The molecule has 0 amide bonds. The fraction of sp³-hybridized carbons (Fsp3) is 0.571. The molecule has 78 valence electrons. The van der Waals surface area contributed by atoms with Crippen LogP contribution in [0.5, 0.6) is 0 Å². The molecular weight excluding hydrogens is 168 g/mol. The Balaban J connectivity index is 0.000000791. The molecule has 0 nitrogen and oxygen atoms in total. The molecule has 0 saturated heterocycles. The van der Waals surface area contributed by atoms with E-state index in [2.05, 4.69) is 45.8 Å². The molecule has 0 heteroatoms. The summed E-state index contributed by atoms with van der Waals surface area (Å²) in [5, 5.41) is 0. The Bertz CT molecular complexity index is 226. The average Bonchev–Trinajstić information content (AvgIpc) is 2.21. The van der Waals surface area contributed by atoms with Gasteiger partial charge in [0.15, 0.2) is 0 Å². The van der Waals surface area contributed by atoms with E-state index in [1.54, 1.807) is 11.1 Å². The highest BCUT2D eigenvalue weighted by atomic mass is 14.2. The molecule has 0 N–H and O–H groups in total. The maximum atomic E-state index is 4.00. The van der Waals surface area contributed by atoms with Crippen molar-refractivity contribution in [1.82, 2.24) is 0 Å². The van der Waals surface area contributed by atoms with Crippen LogP contribution in [-0.4, -0.2) is 0 Å². The Kier molecular flexibility index (Phi) is 6.93. The summed E-state index contributed by atoms with van der Waals surface area (Å²) in [6.45, 7) is 6.68. The van der Waals surface area contributed by atoms with Crippen LogP contribution in [0.25, 0.3) is 0 Å². The van der Waals surface area contributed by atoms with E-state index in [4.69, 9.17) is 0 Å². The molecule has 0 heterocycles. The lowest BCUT2D eigenvalue weighted by molar-refractivity contribution is 0.667. The predicted octanol–water partition coefficient (Wildman–Crippen LogP) is 4.34. The molecule has 14 heavy (non-hydrogen) atoms. The Hall–Kier alpha value is -0.960. The zero-order chi connectivity index (χ0) is 11.0. The predicted molar refractivity (Wildman–Crippen MR) is 65.0 cm³/mol. The average molecular weight is 190 g/mol. The quantitative estimate of drug-likeness (QED) is 0.540. The van der Waals surface area contributed by atoms with Crippen LogP contribution in [0.4, 0.5) is 0 Å². The van der Waals surface area contributed by atoms with Crippen LogP contribution in [0.3, 0.4) is 0 Å². The van der Waals surface area contributed by atoms with Gasteiger partial charge in [-0.2, -0.15) is 0 Å². The maximum Gasteiger partial charge on any atom is -0.0279 e. The lowest BCUT2D eigenvalue weighted by atomic mass is 9.88. The van der Waals surface area contributed by atoms with Crippen LogP contribution in [0.2, 0.25) is 0 Å². The Morgan fingerprint density at radius 3 is 2.00 bits per heavy atom. The summed E-state index contributed by atoms with van der Waals surface area (Å²) in [5.41, 5.74) is 3.20. The first-order chi connectivity index (χ1) is 6.74. The fourth-order valence-corrected chi connectivity index (χ4v) is 1.87. The zero-order valence-corrected chi connectivity index (χ0v) is 9.72. The van der Waals surface area contributed by atoms with E-state index in [1.807, 2.05) is 0 Å². The third kappa shape index (κ3) is 4.33. The molecule has 0 spiro atoms. The molecule has 1 rings (SSSR count). The third-order valence-electron chi connectivity index (χ3n) is 2.44. The van der Waals surface area contributed by atoms with Crippen molar-refractivity contribution in [2.24, 2.45) is 5.92 Å². The van der Waals surface area contributed by atoms with E-state index < -0.39 is 0 Å². The van der Waals surface area contributed by atoms with Crippen LogP contribution in [0.1, 0.15) is 46.5 Å². The van der Waals surface area contributed by atoms with Gasteiger partial charge in [-0.1, -0.05) is 26.0 Å². The van der Waals surface area contributed by atoms with Crippen molar-refractivity contribution < 1.29 is 0 Å². The minimum Gasteiger partial charge on any atom is -0.124 e. The molecule has 0 atom stereocenters. The van der Waals surface area contributed by atoms with Gasteiger partial charge < -0.3 is 0 Å². The van der Waals surface area contributed by atoms with Crippen LogP contribution >= 0.6 is 0 Å². The largest absolute Gasteiger partial charge is 0.124 e. The summed E-state index contributed by atoms with van der Waals surface area (Å²) in [6.07, 6.45) is 18.1. The molecule has 0 bridgehead atoms. The molecule has 1 saturated carbocycles. The SMILES string of the molecule is C#C.C/C=C1/CCCC/C1=C/C(C)C. The molecule has 1 aliphatic rings. The molecule has 0 aromatic carbocycles. The van der Waals surface area contributed by atoms with Crippen molar-refractivity contribution in [3.05, 3.63) is 23.3 Å². The second kappa shape index (κ2) is 7.44. The van der Waals surface area contributed by atoms with E-state index in [-0.39, 0.29) is 0 Å². The molecule has 0 aliphatic heterocycles. The first-order valence-corrected chi connectivity index (χ1v) is 5.43. The van der Waals surface area contributed by atoms with Crippen LogP contribution < -0.4 is 0 Å². The summed E-state index contributed by atoms with van der Waals surface area (Å²) < 4.78 is 0. The van der Waals surface area contributed by atoms with Gasteiger partial charge in [0.05, 0.1) is 0 Å². The van der Waals surface area contributed by atoms with E-state index in [1.165, 1.54) is 25.7 Å². The minimum atomic E-state index is 0.702. The lowest BCUT2D eigenvalue weighted by Gasteiger charge is -2.18. The summed E-state index contributed by atoms with van der Waals surface area (Å²) in [5.74, 6) is 0.702. The second-order valence-corrected chi connectivity index (χ2v) is 3.96. The smallest absolute Gasteiger partial charge is 0.0279 e. The van der Waals surface area contributed by atoms with Crippen molar-refractivity contribution in [3.63, 3.8) is 0 Å².